The number of thiazole rings is 1. The smallest absolute Gasteiger partial charge is 0.326 e. The van der Waals surface area contributed by atoms with Gasteiger partial charge in [-0.15, -0.1) is 11.3 Å². The second-order valence-electron chi connectivity index (χ2n) is 5.57. The summed E-state index contributed by atoms with van der Waals surface area (Å²) in [7, 11) is 0. The van der Waals surface area contributed by atoms with E-state index in [2.05, 4.69) is 4.99 Å². The molecular formula is C17H14ClN3O5S2. The summed E-state index contributed by atoms with van der Waals surface area (Å²) in [6.45, 7) is 1.68. The Morgan fingerprint density at radius 2 is 2.07 bits per heavy atom. The monoisotopic (exact) mass is 439 g/mol. The van der Waals surface area contributed by atoms with Crippen LogP contribution in [-0.2, 0) is 27.3 Å². The van der Waals surface area contributed by atoms with Gasteiger partial charge in [0.2, 0.25) is 0 Å². The van der Waals surface area contributed by atoms with Crippen LogP contribution < -0.4 is 4.80 Å². The molecule has 0 bridgehead atoms. The number of rotatable bonds is 6. The number of ether oxygens (including phenoxy) is 1. The van der Waals surface area contributed by atoms with Crippen LogP contribution in [0.1, 0.15) is 11.8 Å². The predicted octanol–water partition coefficient (Wildman–Crippen LogP) is 3.56. The van der Waals surface area contributed by atoms with Gasteiger partial charge in [-0.05, 0) is 25.1 Å². The lowest BCUT2D eigenvalue weighted by Gasteiger charge is -2.05. The number of amides is 1. The molecule has 2 heterocycles. The van der Waals surface area contributed by atoms with Gasteiger partial charge < -0.3 is 9.30 Å². The van der Waals surface area contributed by atoms with Crippen LogP contribution >= 0.6 is 34.3 Å². The summed E-state index contributed by atoms with van der Waals surface area (Å²) < 4.78 is 7.68. The van der Waals surface area contributed by atoms with Crippen LogP contribution in [0.2, 0.25) is 4.34 Å². The second-order valence-corrected chi connectivity index (χ2v) is 8.38. The number of carbonyl (C=O) groups excluding carboxylic acids is 2. The van der Waals surface area contributed by atoms with E-state index in [1.807, 2.05) is 0 Å². The molecule has 0 aliphatic rings. The van der Waals surface area contributed by atoms with Crippen molar-refractivity contribution in [3.05, 3.63) is 54.5 Å². The zero-order valence-electron chi connectivity index (χ0n) is 14.6. The number of hydrogen-bond acceptors (Lipinski definition) is 7. The summed E-state index contributed by atoms with van der Waals surface area (Å²) in [5.41, 5.74) is 0.326. The maximum Gasteiger partial charge on any atom is 0.326 e. The lowest BCUT2D eigenvalue weighted by molar-refractivity contribution is -0.384. The number of non-ortho nitro benzene ring substituents is 1. The Morgan fingerprint density at radius 3 is 2.71 bits per heavy atom. The average molecular weight is 440 g/mol. The van der Waals surface area contributed by atoms with Gasteiger partial charge in [-0.2, -0.15) is 4.99 Å². The molecule has 0 aliphatic heterocycles. The van der Waals surface area contributed by atoms with Gasteiger partial charge in [0.15, 0.2) is 4.80 Å². The van der Waals surface area contributed by atoms with Crippen molar-refractivity contribution in [1.29, 1.82) is 0 Å². The Bertz CT molecular complexity index is 1130. The zero-order valence-corrected chi connectivity index (χ0v) is 17.0. The molecule has 1 aromatic carbocycles. The molecule has 0 unspecified atom stereocenters. The van der Waals surface area contributed by atoms with E-state index in [9.17, 15) is 19.7 Å². The average Bonchev–Trinajstić information content (AvgIpc) is 3.18. The fraction of sp³-hybridized carbons (Fsp3) is 0.235. The Labute approximate surface area is 171 Å². The number of aromatic nitrogens is 1. The molecule has 8 nitrogen and oxygen atoms in total. The second kappa shape index (κ2) is 8.63. The first-order chi connectivity index (χ1) is 13.4. The van der Waals surface area contributed by atoms with E-state index < -0.39 is 16.8 Å². The van der Waals surface area contributed by atoms with Gasteiger partial charge in [0.25, 0.3) is 11.6 Å². The first kappa shape index (κ1) is 20.2. The molecule has 3 aromatic rings. The van der Waals surface area contributed by atoms with Crippen molar-refractivity contribution in [1.82, 2.24) is 4.57 Å². The van der Waals surface area contributed by atoms with E-state index in [4.69, 9.17) is 16.3 Å². The molecule has 0 spiro atoms. The molecule has 0 saturated carbocycles. The van der Waals surface area contributed by atoms with Crippen molar-refractivity contribution >= 4 is 62.1 Å². The molecule has 2 aromatic heterocycles. The molecule has 0 saturated heterocycles. The van der Waals surface area contributed by atoms with Crippen LogP contribution in [0.15, 0.2) is 35.3 Å². The lowest BCUT2D eigenvalue weighted by Crippen LogP contribution is -2.23. The van der Waals surface area contributed by atoms with E-state index >= 15 is 0 Å². The number of nitro groups is 1. The molecule has 28 heavy (non-hydrogen) atoms. The van der Waals surface area contributed by atoms with Crippen LogP contribution in [0.25, 0.3) is 10.2 Å². The Kier molecular flexibility index (Phi) is 6.22. The molecule has 0 fully saturated rings. The number of benzene rings is 1. The highest BCUT2D eigenvalue weighted by atomic mass is 35.5. The van der Waals surface area contributed by atoms with Gasteiger partial charge in [0.1, 0.15) is 6.54 Å². The summed E-state index contributed by atoms with van der Waals surface area (Å²) in [6.07, 6.45) is 0.0746. The minimum absolute atomic E-state index is 0.0746. The number of nitro benzene ring substituents is 1. The third kappa shape index (κ3) is 4.64. The van der Waals surface area contributed by atoms with Gasteiger partial charge in [0.05, 0.1) is 32.5 Å². The number of nitrogens with zero attached hydrogens (tertiary/aromatic N) is 3. The molecule has 0 atom stereocenters. The molecular weight excluding hydrogens is 426 g/mol. The summed E-state index contributed by atoms with van der Waals surface area (Å²) in [5.74, 6) is -0.926. The van der Waals surface area contributed by atoms with Crippen molar-refractivity contribution in [2.45, 2.75) is 19.9 Å². The Hall–Kier alpha value is -2.56. The largest absolute Gasteiger partial charge is 0.465 e. The SMILES string of the molecule is CCOC(=O)Cn1c(=NC(=O)Cc2ccc(Cl)s2)sc2ccc([N+](=O)[O-])cc21. The van der Waals surface area contributed by atoms with Crippen LogP contribution in [-0.4, -0.2) is 28.0 Å². The van der Waals surface area contributed by atoms with Gasteiger partial charge in [-0.3, -0.25) is 19.7 Å². The van der Waals surface area contributed by atoms with E-state index in [-0.39, 0.29) is 30.1 Å². The highest BCUT2D eigenvalue weighted by molar-refractivity contribution is 7.16. The molecule has 1 amide bonds. The Morgan fingerprint density at radius 1 is 1.29 bits per heavy atom. The lowest BCUT2D eigenvalue weighted by atomic mass is 10.3. The molecule has 3 rings (SSSR count). The highest BCUT2D eigenvalue weighted by Crippen LogP contribution is 2.24. The minimum Gasteiger partial charge on any atom is -0.465 e. The van der Waals surface area contributed by atoms with Crippen molar-refractivity contribution in [3.63, 3.8) is 0 Å². The van der Waals surface area contributed by atoms with Gasteiger partial charge in [-0.25, -0.2) is 0 Å². The van der Waals surface area contributed by atoms with E-state index in [1.54, 1.807) is 25.1 Å². The fourth-order valence-corrected chi connectivity index (χ4v) is 4.59. The minimum atomic E-state index is -0.521. The van der Waals surface area contributed by atoms with Crippen LogP contribution in [0.5, 0.6) is 0 Å². The summed E-state index contributed by atoms with van der Waals surface area (Å²) in [5, 5.41) is 11.1. The maximum atomic E-state index is 12.4. The number of thiophene rings is 1. The van der Waals surface area contributed by atoms with Crippen molar-refractivity contribution in [3.8, 4) is 0 Å². The standard InChI is InChI=1S/C17H14ClN3O5S2/c1-2-26-16(23)9-20-12-7-10(21(24)25)3-5-13(12)28-17(20)19-15(22)8-11-4-6-14(18)27-11/h3-7H,2,8-9H2,1H3. The normalized spacial score (nSPS) is 11.7. The number of carbonyl (C=O) groups is 2. The first-order valence-corrected chi connectivity index (χ1v) is 10.1. The van der Waals surface area contributed by atoms with Gasteiger partial charge in [0, 0.05) is 17.0 Å². The van der Waals surface area contributed by atoms with Gasteiger partial charge in [-0.1, -0.05) is 22.9 Å². The maximum absolute atomic E-state index is 12.4. The van der Waals surface area contributed by atoms with E-state index in [1.165, 1.54) is 39.4 Å². The number of esters is 1. The zero-order chi connectivity index (χ0) is 20.3. The molecule has 0 aliphatic carbocycles. The third-order valence-corrected chi connectivity index (χ3v) is 5.93. The van der Waals surface area contributed by atoms with Crippen molar-refractivity contribution < 1.29 is 19.2 Å². The van der Waals surface area contributed by atoms with Crippen LogP contribution in [0.4, 0.5) is 5.69 Å². The molecule has 0 N–H and O–H groups in total. The molecule has 146 valence electrons. The topological polar surface area (TPSA) is 104 Å². The summed E-state index contributed by atoms with van der Waals surface area (Å²) in [6, 6.07) is 7.75. The van der Waals surface area contributed by atoms with Crippen LogP contribution in [0, 0.1) is 10.1 Å². The Balaban J connectivity index is 2.04. The van der Waals surface area contributed by atoms with Gasteiger partial charge >= 0.3 is 5.97 Å². The number of halogens is 1. The quantitative estimate of drug-likeness (QED) is 0.332. The highest BCUT2D eigenvalue weighted by Gasteiger charge is 2.16. The summed E-state index contributed by atoms with van der Waals surface area (Å²) in [4.78, 5) is 40.1. The van der Waals surface area contributed by atoms with Crippen LogP contribution in [0.3, 0.4) is 0 Å². The number of fused-ring (bicyclic) bond motifs is 1. The first-order valence-electron chi connectivity index (χ1n) is 8.12. The fourth-order valence-electron chi connectivity index (χ4n) is 2.49. The van der Waals surface area contributed by atoms with E-state index in [0.29, 0.717) is 14.6 Å². The number of hydrogen-bond donors (Lipinski definition) is 0. The van der Waals surface area contributed by atoms with Crippen molar-refractivity contribution in [2.24, 2.45) is 4.99 Å². The van der Waals surface area contributed by atoms with E-state index in [0.717, 1.165) is 4.88 Å². The third-order valence-electron chi connectivity index (χ3n) is 3.64. The predicted molar refractivity (Wildman–Crippen MR) is 107 cm³/mol. The molecule has 11 heteroatoms. The van der Waals surface area contributed by atoms with Crippen molar-refractivity contribution in [2.75, 3.05) is 6.61 Å². The summed E-state index contributed by atoms with van der Waals surface area (Å²) >= 11 is 8.34. The molecule has 0 radical (unpaired) electrons.